The smallest absolute Gasteiger partial charge is 0.249 e. The lowest BCUT2D eigenvalue weighted by Crippen LogP contribution is -2.44. The fraction of sp³-hybridized carbons (Fsp3) is 0.360. The molecular weight excluding hydrogens is 392 g/mol. The summed E-state index contributed by atoms with van der Waals surface area (Å²) in [5.74, 6) is 1.12. The maximum Gasteiger partial charge on any atom is 0.249 e. The standard InChI is InChI=1S/C25H30N2O4/c1-4-26(21-16-17-27(25(21)29)20-10-8-7-9-11-20)24(28)15-13-19-12-14-22(30-5-2)23(18-19)31-6-3/h7-15,18,21H,4-6,16-17H2,1-3H3/b15-13+. The lowest BCUT2D eigenvalue weighted by molar-refractivity contribution is -0.134. The van der Waals surface area contributed by atoms with Gasteiger partial charge in [-0.25, -0.2) is 0 Å². The number of para-hydroxylation sites is 1. The van der Waals surface area contributed by atoms with Crippen molar-refractivity contribution in [2.45, 2.75) is 33.2 Å². The Hall–Kier alpha value is -3.28. The van der Waals surface area contributed by atoms with Crippen molar-refractivity contribution in [1.29, 1.82) is 0 Å². The normalized spacial score (nSPS) is 16.0. The first kappa shape index (κ1) is 22.4. The van der Waals surface area contributed by atoms with Gasteiger partial charge in [-0.15, -0.1) is 0 Å². The van der Waals surface area contributed by atoms with Crippen LogP contribution in [0.2, 0.25) is 0 Å². The summed E-state index contributed by atoms with van der Waals surface area (Å²) in [7, 11) is 0. The van der Waals surface area contributed by atoms with Gasteiger partial charge >= 0.3 is 0 Å². The monoisotopic (exact) mass is 422 g/mol. The van der Waals surface area contributed by atoms with Crippen LogP contribution in [0.4, 0.5) is 5.69 Å². The number of likely N-dealkylation sites (N-methyl/N-ethyl adjacent to an activating group) is 1. The molecule has 164 valence electrons. The highest BCUT2D eigenvalue weighted by molar-refractivity contribution is 6.03. The molecular formula is C25H30N2O4. The van der Waals surface area contributed by atoms with Crippen LogP contribution in [0.3, 0.4) is 0 Å². The minimum atomic E-state index is -0.443. The van der Waals surface area contributed by atoms with E-state index in [2.05, 4.69) is 0 Å². The molecule has 1 aliphatic rings. The first-order chi connectivity index (χ1) is 15.1. The van der Waals surface area contributed by atoms with E-state index < -0.39 is 6.04 Å². The molecule has 0 spiro atoms. The van der Waals surface area contributed by atoms with E-state index in [0.29, 0.717) is 44.2 Å². The number of anilines is 1. The Labute approximate surface area is 184 Å². The molecule has 0 N–H and O–H groups in total. The van der Waals surface area contributed by atoms with Gasteiger partial charge in [0.15, 0.2) is 11.5 Å². The number of hydrogen-bond acceptors (Lipinski definition) is 4. The predicted octanol–water partition coefficient (Wildman–Crippen LogP) is 4.15. The van der Waals surface area contributed by atoms with Crippen molar-refractivity contribution in [3.05, 3.63) is 60.2 Å². The Morgan fingerprint density at radius 3 is 2.45 bits per heavy atom. The van der Waals surface area contributed by atoms with Crippen LogP contribution in [0.5, 0.6) is 11.5 Å². The van der Waals surface area contributed by atoms with Crippen LogP contribution in [-0.2, 0) is 9.59 Å². The van der Waals surface area contributed by atoms with Gasteiger partial charge in [-0.1, -0.05) is 24.3 Å². The Kier molecular flexibility index (Phi) is 7.70. The van der Waals surface area contributed by atoms with Gasteiger partial charge in [0.25, 0.3) is 0 Å². The molecule has 1 unspecified atom stereocenters. The maximum absolute atomic E-state index is 13.0. The van der Waals surface area contributed by atoms with E-state index in [9.17, 15) is 9.59 Å². The summed E-state index contributed by atoms with van der Waals surface area (Å²) in [5, 5.41) is 0. The number of carbonyl (C=O) groups is 2. The highest BCUT2D eigenvalue weighted by atomic mass is 16.5. The first-order valence-corrected chi connectivity index (χ1v) is 10.8. The zero-order valence-corrected chi connectivity index (χ0v) is 18.4. The Morgan fingerprint density at radius 1 is 1.06 bits per heavy atom. The number of rotatable bonds is 9. The molecule has 1 atom stereocenters. The van der Waals surface area contributed by atoms with Crippen molar-refractivity contribution in [3.63, 3.8) is 0 Å². The largest absolute Gasteiger partial charge is 0.490 e. The van der Waals surface area contributed by atoms with E-state index in [1.807, 2.05) is 69.3 Å². The molecule has 0 radical (unpaired) electrons. The van der Waals surface area contributed by atoms with Crippen LogP contribution in [0.15, 0.2) is 54.6 Å². The Morgan fingerprint density at radius 2 is 1.77 bits per heavy atom. The molecule has 1 saturated heterocycles. The Bertz CT molecular complexity index is 926. The van der Waals surface area contributed by atoms with E-state index in [-0.39, 0.29) is 11.8 Å². The molecule has 1 aliphatic heterocycles. The fourth-order valence-electron chi connectivity index (χ4n) is 3.78. The third kappa shape index (κ3) is 5.26. The van der Waals surface area contributed by atoms with Crippen molar-refractivity contribution < 1.29 is 19.1 Å². The van der Waals surface area contributed by atoms with E-state index in [0.717, 1.165) is 11.3 Å². The van der Waals surface area contributed by atoms with Crippen LogP contribution in [-0.4, -0.2) is 49.1 Å². The minimum absolute atomic E-state index is 0.0329. The summed E-state index contributed by atoms with van der Waals surface area (Å²) >= 11 is 0. The summed E-state index contributed by atoms with van der Waals surface area (Å²) < 4.78 is 11.2. The molecule has 2 aromatic rings. The molecule has 2 aromatic carbocycles. The highest BCUT2D eigenvalue weighted by Gasteiger charge is 2.37. The fourth-order valence-corrected chi connectivity index (χ4v) is 3.78. The number of nitrogens with zero attached hydrogens (tertiary/aromatic N) is 2. The second-order valence-electron chi connectivity index (χ2n) is 7.16. The van der Waals surface area contributed by atoms with E-state index >= 15 is 0 Å². The summed E-state index contributed by atoms with van der Waals surface area (Å²) in [6.07, 6.45) is 3.89. The number of ether oxygens (including phenoxy) is 2. The van der Waals surface area contributed by atoms with Gasteiger partial charge in [0, 0.05) is 24.9 Å². The van der Waals surface area contributed by atoms with Crippen molar-refractivity contribution in [1.82, 2.24) is 4.90 Å². The molecule has 2 amide bonds. The average molecular weight is 423 g/mol. The number of carbonyl (C=O) groups excluding carboxylic acids is 2. The molecule has 3 rings (SSSR count). The number of hydrogen-bond donors (Lipinski definition) is 0. The lowest BCUT2D eigenvalue weighted by atomic mass is 10.1. The summed E-state index contributed by atoms with van der Waals surface area (Å²) in [6, 6.07) is 14.7. The summed E-state index contributed by atoms with van der Waals surface area (Å²) in [6.45, 7) is 7.89. The average Bonchev–Trinajstić information content (AvgIpc) is 3.16. The molecule has 6 nitrogen and oxygen atoms in total. The van der Waals surface area contributed by atoms with Crippen LogP contribution in [0.1, 0.15) is 32.8 Å². The Balaban J connectivity index is 1.72. The van der Waals surface area contributed by atoms with Gasteiger partial charge in [-0.3, -0.25) is 9.59 Å². The number of amides is 2. The molecule has 0 bridgehead atoms. The second kappa shape index (κ2) is 10.7. The van der Waals surface area contributed by atoms with Gasteiger partial charge in [0.05, 0.1) is 13.2 Å². The zero-order valence-electron chi connectivity index (χ0n) is 18.4. The van der Waals surface area contributed by atoms with Crippen molar-refractivity contribution in [2.75, 3.05) is 31.2 Å². The van der Waals surface area contributed by atoms with Crippen molar-refractivity contribution in [2.24, 2.45) is 0 Å². The molecule has 6 heteroatoms. The number of benzene rings is 2. The summed E-state index contributed by atoms with van der Waals surface area (Å²) in [4.78, 5) is 29.3. The van der Waals surface area contributed by atoms with E-state index in [4.69, 9.17) is 9.47 Å². The van der Waals surface area contributed by atoms with Crippen LogP contribution in [0.25, 0.3) is 6.08 Å². The van der Waals surface area contributed by atoms with Gasteiger partial charge < -0.3 is 19.3 Å². The van der Waals surface area contributed by atoms with Crippen LogP contribution in [0, 0.1) is 0 Å². The van der Waals surface area contributed by atoms with Crippen molar-refractivity contribution >= 4 is 23.6 Å². The first-order valence-electron chi connectivity index (χ1n) is 10.8. The van der Waals surface area contributed by atoms with Gasteiger partial charge in [0.2, 0.25) is 11.8 Å². The van der Waals surface area contributed by atoms with E-state index in [1.165, 1.54) is 6.08 Å². The minimum Gasteiger partial charge on any atom is -0.490 e. The van der Waals surface area contributed by atoms with E-state index in [1.54, 1.807) is 15.9 Å². The SMILES string of the molecule is CCOc1ccc(/C=C/C(=O)N(CC)C2CCN(c3ccccc3)C2=O)cc1OCC. The zero-order chi connectivity index (χ0) is 22.2. The molecule has 0 aromatic heterocycles. The predicted molar refractivity (Wildman–Crippen MR) is 122 cm³/mol. The third-order valence-corrected chi connectivity index (χ3v) is 5.23. The molecule has 1 heterocycles. The molecule has 0 aliphatic carbocycles. The highest BCUT2D eigenvalue weighted by Crippen LogP contribution is 2.29. The molecule has 31 heavy (non-hydrogen) atoms. The maximum atomic E-state index is 13.0. The van der Waals surface area contributed by atoms with Gasteiger partial charge in [-0.2, -0.15) is 0 Å². The lowest BCUT2D eigenvalue weighted by Gasteiger charge is -2.26. The summed E-state index contributed by atoms with van der Waals surface area (Å²) in [5.41, 5.74) is 1.70. The van der Waals surface area contributed by atoms with Crippen LogP contribution < -0.4 is 14.4 Å². The molecule has 1 fully saturated rings. The second-order valence-corrected chi connectivity index (χ2v) is 7.16. The van der Waals surface area contributed by atoms with Gasteiger partial charge in [0.1, 0.15) is 6.04 Å². The molecule has 0 saturated carbocycles. The third-order valence-electron chi connectivity index (χ3n) is 5.23. The van der Waals surface area contributed by atoms with Crippen LogP contribution >= 0.6 is 0 Å². The quantitative estimate of drug-likeness (QED) is 0.570. The van der Waals surface area contributed by atoms with Gasteiger partial charge in [-0.05, 0) is 63.1 Å². The topological polar surface area (TPSA) is 59.1 Å². The van der Waals surface area contributed by atoms with Crippen molar-refractivity contribution in [3.8, 4) is 11.5 Å².